The molecule has 0 fully saturated rings. The molecule has 13 heavy (non-hydrogen) atoms. The van der Waals surface area contributed by atoms with E-state index in [0.29, 0.717) is 15.9 Å². The molecule has 1 aromatic rings. The molecule has 1 rings (SSSR count). The van der Waals surface area contributed by atoms with Crippen LogP contribution in [0.2, 0.25) is 0 Å². The molecule has 0 saturated heterocycles. The Labute approximate surface area is 83.3 Å². The number of alkyl halides is 2. The molecule has 0 atom stereocenters. The Bertz CT molecular complexity index is 315. The quantitative estimate of drug-likeness (QED) is 0.877. The lowest BCUT2D eigenvalue weighted by atomic mass is 10.2. The molecule has 2 N–H and O–H groups in total. The molecule has 0 aromatic carbocycles. The van der Waals surface area contributed by atoms with Gasteiger partial charge in [-0.25, -0.2) is 8.78 Å². The maximum atomic E-state index is 12.4. The predicted molar refractivity (Wildman–Crippen MR) is 49.5 cm³/mol. The molecule has 0 amide bonds. The van der Waals surface area contributed by atoms with Gasteiger partial charge in [-0.15, -0.1) is 0 Å². The van der Waals surface area contributed by atoms with Gasteiger partial charge in [-0.1, -0.05) is 0 Å². The third-order valence-corrected chi connectivity index (χ3v) is 2.53. The minimum Gasteiger partial charge on any atom is -0.325 e. The molecule has 0 saturated carbocycles. The Hall–Kier alpha value is -0.550. The van der Waals surface area contributed by atoms with Crippen molar-refractivity contribution in [3.63, 3.8) is 0 Å². The molecule has 0 aliphatic carbocycles. The van der Waals surface area contributed by atoms with Crippen LogP contribution in [-0.4, -0.2) is 4.98 Å². The second kappa shape index (κ2) is 4.11. The molecule has 5 heteroatoms. The first-order valence-electron chi connectivity index (χ1n) is 3.70. The predicted octanol–water partition coefficient (Wildman–Crippen LogP) is 2.55. The molecule has 0 bridgehead atoms. The first kappa shape index (κ1) is 10.5. The van der Waals surface area contributed by atoms with Crippen LogP contribution in [0.3, 0.4) is 0 Å². The van der Waals surface area contributed by atoms with Crippen molar-refractivity contribution in [2.24, 2.45) is 5.73 Å². The standard InChI is InChI=1S/C8H9BrF2N2/c1-4-2-5(8(10)11)7(9)6(3-12)13-4/h2,8H,3,12H2,1H3. The molecule has 2 nitrogen and oxygen atoms in total. The molecule has 0 spiro atoms. The molecule has 0 aliphatic rings. The fourth-order valence-corrected chi connectivity index (χ4v) is 1.58. The SMILES string of the molecule is Cc1cc(C(F)F)c(Br)c(CN)n1. The minimum absolute atomic E-state index is 0.0482. The maximum absolute atomic E-state index is 12.4. The number of hydrogen-bond acceptors (Lipinski definition) is 2. The second-order valence-electron chi connectivity index (χ2n) is 2.62. The van der Waals surface area contributed by atoms with Crippen molar-refractivity contribution in [2.45, 2.75) is 19.9 Å². The summed E-state index contributed by atoms with van der Waals surface area (Å²) in [6.07, 6.45) is -2.50. The normalized spacial score (nSPS) is 10.9. The second-order valence-corrected chi connectivity index (χ2v) is 3.41. The zero-order chi connectivity index (χ0) is 10.0. The Morgan fingerprint density at radius 1 is 1.62 bits per heavy atom. The van der Waals surface area contributed by atoms with Gasteiger partial charge in [0.05, 0.1) is 5.69 Å². The number of aromatic nitrogens is 1. The van der Waals surface area contributed by atoms with Crippen LogP contribution in [0, 0.1) is 6.92 Å². The van der Waals surface area contributed by atoms with Crippen LogP contribution in [0.25, 0.3) is 0 Å². The molecule has 0 radical (unpaired) electrons. The number of pyridine rings is 1. The van der Waals surface area contributed by atoms with E-state index < -0.39 is 6.43 Å². The van der Waals surface area contributed by atoms with Crippen molar-refractivity contribution in [1.29, 1.82) is 0 Å². The van der Waals surface area contributed by atoms with Gasteiger partial charge in [0.15, 0.2) is 0 Å². The molecular weight excluding hydrogens is 242 g/mol. The highest BCUT2D eigenvalue weighted by molar-refractivity contribution is 9.10. The van der Waals surface area contributed by atoms with Crippen molar-refractivity contribution in [3.8, 4) is 0 Å². The highest BCUT2D eigenvalue weighted by Crippen LogP contribution is 2.29. The summed E-state index contributed by atoms with van der Waals surface area (Å²) in [5.41, 5.74) is 6.33. The van der Waals surface area contributed by atoms with Crippen LogP contribution in [0.5, 0.6) is 0 Å². The summed E-state index contributed by atoms with van der Waals surface area (Å²) in [5.74, 6) is 0. The fraction of sp³-hybridized carbons (Fsp3) is 0.375. The van der Waals surface area contributed by atoms with E-state index in [4.69, 9.17) is 5.73 Å². The number of hydrogen-bond donors (Lipinski definition) is 1. The Morgan fingerprint density at radius 3 is 2.69 bits per heavy atom. The monoisotopic (exact) mass is 250 g/mol. The van der Waals surface area contributed by atoms with E-state index in [1.54, 1.807) is 6.92 Å². The number of halogens is 3. The van der Waals surface area contributed by atoms with Crippen LogP contribution in [0.1, 0.15) is 23.4 Å². The van der Waals surface area contributed by atoms with Crippen LogP contribution < -0.4 is 5.73 Å². The van der Waals surface area contributed by atoms with Crippen LogP contribution >= 0.6 is 15.9 Å². The van der Waals surface area contributed by atoms with E-state index in [9.17, 15) is 8.78 Å². The van der Waals surface area contributed by atoms with E-state index >= 15 is 0 Å². The summed E-state index contributed by atoms with van der Waals surface area (Å²) < 4.78 is 25.2. The lowest BCUT2D eigenvalue weighted by Gasteiger charge is -2.08. The van der Waals surface area contributed by atoms with Crippen LogP contribution in [0.4, 0.5) is 8.78 Å². The average molecular weight is 251 g/mol. The summed E-state index contributed by atoms with van der Waals surface area (Å²) in [6.45, 7) is 1.82. The summed E-state index contributed by atoms with van der Waals surface area (Å²) in [4.78, 5) is 4.03. The number of nitrogens with zero attached hydrogens (tertiary/aromatic N) is 1. The van der Waals surface area contributed by atoms with Gasteiger partial charge < -0.3 is 5.73 Å². The van der Waals surface area contributed by atoms with Gasteiger partial charge in [0.1, 0.15) is 0 Å². The Balaban J connectivity index is 3.27. The van der Waals surface area contributed by atoms with E-state index in [1.165, 1.54) is 6.07 Å². The largest absolute Gasteiger partial charge is 0.325 e. The summed E-state index contributed by atoms with van der Waals surface area (Å²) >= 11 is 3.05. The highest BCUT2D eigenvalue weighted by Gasteiger charge is 2.15. The van der Waals surface area contributed by atoms with Crippen molar-refractivity contribution in [3.05, 3.63) is 27.5 Å². The van der Waals surface area contributed by atoms with Crippen molar-refractivity contribution in [2.75, 3.05) is 0 Å². The highest BCUT2D eigenvalue weighted by atomic mass is 79.9. The first-order valence-corrected chi connectivity index (χ1v) is 4.49. The van der Waals surface area contributed by atoms with Crippen molar-refractivity contribution < 1.29 is 8.78 Å². The molecule has 0 unspecified atom stereocenters. The summed E-state index contributed by atoms with van der Waals surface area (Å²) in [6, 6.07) is 1.36. The Morgan fingerprint density at radius 2 is 2.23 bits per heavy atom. The van der Waals surface area contributed by atoms with Gasteiger partial charge in [0.2, 0.25) is 0 Å². The van der Waals surface area contributed by atoms with Gasteiger partial charge in [-0.3, -0.25) is 4.98 Å². The maximum Gasteiger partial charge on any atom is 0.265 e. The van der Waals surface area contributed by atoms with Crippen LogP contribution in [-0.2, 0) is 6.54 Å². The molecule has 72 valence electrons. The number of nitrogens with two attached hydrogens (primary N) is 1. The third kappa shape index (κ3) is 2.22. The summed E-state index contributed by atoms with van der Waals surface area (Å²) in [5, 5.41) is 0. The van der Waals surface area contributed by atoms with Gasteiger partial charge in [0.25, 0.3) is 6.43 Å². The molecule has 1 heterocycles. The van der Waals surface area contributed by atoms with Gasteiger partial charge >= 0.3 is 0 Å². The molecule has 0 aliphatic heterocycles. The van der Waals surface area contributed by atoms with Gasteiger partial charge in [0, 0.05) is 22.3 Å². The number of aryl methyl sites for hydroxylation is 1. The van der Waals surface area contributed by atoms with E-state index in [1.807, 2.05) is 0 Å². The van der Waals surface area contributed by atoms with Crippen LogP contribution in [0.15, 0.2) is 10.5 Å². The fourth-order valence-electron chi connectivity index (χ4n) is 1.04. The molecular formula is C8H9BrF2N2. The van der Waals surface area contributed by atoms with Gasteiger partial charge in [-0.05, 0) is 28.9 Å². The van der Waals surface area contributed by atoms with Crippen molar-refractivity contribution in [1.82, 2.24) is 4.98 Å². The van der Waals surface area contributed by atoms with E-state index in [2.05, 4.69) is 20.9 Å². The summed E-state index contributed by atoms with van der Waals surface area (Å²) in [7, 11) is 0. The van der Waals surface area contributed by atoms with Gasteiger partial charge in [-0.2, -0.15) is 0 Å². The minimum atomic E-state index is -2.50. The third-order valence-electron chi connectivity index (χ3n) is 1.61. The lowest BCUT2D eigenvalue weighted by Crippen LogP contribution is -2.04. The zero-order valence-corrected chi connectivity index (χ0v) is 8.61. The Kier molecular flexibility index (Phi) is 3.33. The smallest absolute Gasteiger partial charge is 0.265 e. The average Bonchev–Trinajstić information content (AvgIpc) is 2.08. The van der Waals surface area contributed by atoms with Crippen molar-refractivity contribution >= 4 is 15.9 Å². The number of rotatable bonds is 2. The zero-order valence-electron chi connectivity index (χ0n) is 7.02. The first-order chi connectivity index (χ1) is 6.06. The molecule has 1 aromatic heterocycles. The van der Waals surface area contributed by atoms with E-state index in [0.717, 1.165) is 0 Å². The lowest BCUT2D eigenvalue weighted by molar-refractivity contribution is 0.150. The van der Waals surface area contributed by atoms with E-state index in [-0.39, 0.29) is 12.1 Å². The topological polar surface area (TPSA) is 38.9 Å².